The first kappa shape index (κ1) is 14.8. The Hall–Kier alpha value is 0.278. The molecule has 0 saturated heterocycles. The van der Waals surface area contributed by atoms with Crippen LogP contribution in [0.5, 0.6) is 0 Å². The molecule has 12 heavy (non-hydrogen) atoms. The summed E-state index contributed by atoms with van der Waals surface area (Å²) in [6, 6.07) is 0. The Balaban J connectivity index is 0. The maximum atomic E-state index is 10.1. The first-order valence-electron chi connectivity index (χ1n) is 3.82. The maximum Gasteiger partial charge on any atom is 0.0462 e. The summed E-state index contributed by atoms with van der Waals surface area (Å²) in [5.41, 5.74) is 0. The second kappa shape index (κ2) is 11.3. The van der Waals surface area contributed by atoms with E-state index in [0.29, 0.717) is 6.42 Å². The van der Waals surface area contributed by atoms with Crippen molar-refractivity contribution in [2.75, 3.05) is 20.3 Å². The van der Waals surface area contributed by atoms with Gasteiger partial charge < -0.3 is 14.6 Å². The molecule has 0 amide bonds. The van der Waals surface area contributed by atoms with Gasteiger partial charge in [-0.05, 0) is 6.42 Å². The first-order valence-corrected chi connectivity index (χ1v) is 3.82. The number of methoxy groups -OCH3 is 1. The van der Waals surface area contributed by atoms with Crippen LogP contribution in [0.15, 0.2) is 0 Å². The fraction of sp³-hybridized carbons (Fsp3) is 0.875. The second-order valence-electron chi connectivity index (χ2n) is 2.49. The topological polar surface area (TPSA) is 46.5 Å². The van der Waals surface area contributed by atoms with Gasteiger partial charge in [-0.2, -0.15) is 0 Å². The van der Waals surface area contributed by atoms with Crippen LogP contribution in [-0.4, -0.2) is 31.7 Å². The summed E-state index contributed by atoms with van der Waals surface area (Å²) < 4.78 is 4.83. The molecule has 1 atom stereocenters. The van der Waals surface area contributed by atoms with Crippen molar-refractivity contribution in [3.63, 3.8) is 0 Å². The molecule has 4 heteroatoms. The number of unbranched alkanes of at least 4 members (excludes halogenated alkanes) is 1. The molecule has 0 saturated carbocycles. The first-order chi connectivity index (χ1) is 5.35. The fourth-order valence-corrected chi connectivity index (χ4v) is 0.825. The molecule has 0 spiro atoms. The zero-order valence-corrected chi connectivity index (χ0v) is 10.2. The van der Waals surface area contributed by atoms with E-state index in [1.165, 1.54) is 0 Å². The largest absolute Gasteiger partial charge is 0.541 e. The minimum atomic E-state index is -0.299. The molecule has 0 bridgehead atoms. The van der Waals surface area contributed by atoms with Gasteiger partial charge in [0.25, 0.3) is 0 Å². The molecule has 3 nitrogen and oxygen atoms in total. The van der Waals surface area contributed by atoms with Crippen molar-refractivity contribution in [1.29, 1.82) is 0 Å². The van der Waals surface area contributed by atoms with Crippen molar-refractivity contribution in [2.24, 2.45) is 5.92 Å². The summed E-state index contributed by atoms with van der Waals surface area (Å²) in [7, 11) is 1.65. The molecule has 0 rings (SSSR count). The molecule has 0 aromatic rings. The zero-order valence-electron chi connectivity index (χ0n) is 7.28. The van der Waals surface area contributed by atoms with Gasteiger partial charge in [0.2, 0.25) is 0 Å². The zero-order chi connectivity index (χ0) is 8.53. The Labute approximate surface area is 87.8 Å². The van der Waals surface area contributed by atoms with Gasteiger partial charge in [-0.3, -0.25) is 6.29 Å². The Morgan fingerprint density at radius 3 is 2.58 bits per heavy atom. The van der Waals surface area contributed by atoms with E-state index in [9.17, 15) is 4.79 Å². The van der Waals surface area contributed by atoms with E-state index >= 15 is 0 Å². The van der Waals surface area contributed by atoms with Crippen LogP contribution in [0.25, 0.3) is 0 Å². The average molecular weight is 343 g/mol. The van der Waals surface area contributed by atoms with Gasteiger partial charge in [0, 0.05) is 41.4 Å². The minimum absolute atomic E-state index is 0. The Morgan fingerprint density at radius 2 is 2.17 bits per heavy atom. The number of rotatable bonds is 7. The number of ether oxygens (including phenoxy) is 1. The van der Waals surface area contributed by atoms with Crippen LogP contribution >= 0.6 is 0 Å². The SMILES string of the molecule is COCCCCC([C-]=O)CO.[W]. The molecular formula is C8H15O3W-. The third-order valence-electron chi connectivity index (χ3n) is 1.54. The molecule has 1 N–H and O–H groups in total. The van der Waals surface area contributed by atoms with Crippen molar-refractivity contribution in [2.45, 2.75) is 19.3 Å². The number of aliphatic hydroxyl groups excluding tert-OH is 1. The van der Waals surface area contributed by atoms with Crippen molar-refractivity contribution < 1.29 is 35.7 Å². The molecule has 0 fully saturated rings. The van der Waals surface area contributed by atoms with Gasteiger partial charge in [-0.25, -0.2) is 0 Å². The van der Waals surface area contributed by atoms with Crippen LogP contribution in [0.2, 0.25) is 0 Å². The quantitative estimate of drug-likeness (QED) is 0.542. The molecule has 0 aromatic carbocycles. The number of hydrogen-bond donors (Lipinski definition) is 1. The second-order valence-corrected chi connectivity index (χ2v) is 2.49. The summed E-state index contributed by atoms with van der Waals surface area (Å²) in [4.78, 5) is 10.1. The molecule has 72 valence electrons. The molecule has 0 aliphatic carbocycles. The van der Waals surface area contributed by atoms with Gasteiger partial charge in [0.05, 0.1) is 0 Å². The summed E-state index contributed by atoms with van der Waals surface area (Å²) >= 11 is 0. The van der Waals surface area contributed by atoms with E-state index in [1.54, 1.807) is 13.4 Å². The van der Waals surface area contributed by atoms with Gasteiger partial charge in [0.1, 0.15) is 0 Å². The maximum absolute atomic E-state index is 10.1. The standard InChI is InChI=1S/C8H15O3.W/c1-11-5-3-2-4-8(6-9)7-10;/h8-9H,2-6H2,1H3;/q-1;. The minimum Gasteiger partial charge on any atom is -0.541 e. The van der Waals surface area contributed by atoms with Crippen molar-refractivity contribution in [3.8, 4) is 0 Å². The Kier molecular flexibility index (Phi) is 13.9. The molecule has 0 radical (unpaired) electrons. The van der Waals surface area contributed by atoms with E-state index in [-0.39, 0.29) is 33.6 Å². The Bertz CT molecular complexity index is 98.3. The normalized spacial score (nSPS) is 11.8. The summed E-state index contributed by atoms with van der Waals surface area (Å²) in [6.45, 7) is 0.632. The third-order valence-corrected chi connectivity index (χ3v) is 1.54. The predicted molar refractivity (Wildman–Crippen MR) is 42.0 cm³/mol. The van der Waals surface area contributed by atoms with E-state index in [4.69, 9.17) is 9.84 Å². The van der Waals surface area contributed by atoms with Crippen molar-refractivity contribution in [1.82, 2.24) is 0 Å². The smallest absolute Gasteiger partial charge is 0.0462 e. The van der Waals surface area contributed by atoms with Gasteiger partial charge in [-0.15, -0.1) is 5.92 Å². The van der Waals surface area contributed by atoms with Crippen LogP contribution in [0.4, 0.5) is 0 Å². The molecule has 0 aliphatic heterocycles. The van der Waals surface area contributed by atoms with Gasteiger partial charge in [-0.1, -0.05) is 12.8 Å². The summed E-state index contributed by atoms with van der Waals surface area (Å²) in [5, 5.41) is 8.59. The fourth-order valence-electron chi connectivity index (χ4n) is 0.825. The third kappa shape index (κ3) is 8.38. The van der Waals surface area contributed by atoms with Crippen LogP contribution in [0.3, 0.4) is 0 Å². The van der Waals surface area contributed by atoms with Crippen LogP contribution in [0.1, 0.15) is 19.3 Å². The van der Waals surface area contributed by atoms with Gasteiger partial charge >= 0.3 is 0 Å². The molecule has 0 aromatic heterocycles. The number of hydrogen-bond acceptors (Lipinski definition) is 3. The van der Waals surface area contributed by atoms with E-state index in [1.807, 2.05) is 0 Å². The van der Waals surface area contributed by atoms with Crippen LogP contribution in [0, 0.1) is 5.92 Å². The molecule has 0 heterocycles. The van der Waals surface area contributed by atoms with Crippen molar-refractivity contribution in [3.05, 3.63) is 0 Å². The van der Waals surface area contributed by atoms with Gasteiger partial charge in [0.15, 0.2) is 0 Å². The molecule has 1 unspecified atom stereocenters. The average Bonchev–Trinajstić information content (AvgIpc) is 2.05. The Morgan fingerprint density at radius 1 is 1.50 bits per heavy atom. The number of aliphatic hydroxyl groups is 1. The van der Waals surface area contributed by atoms with E-state index < -0.39 is 0 Å². The van der Waals surface area contributed by atoms with E-state index in [2.05, 4.69) is 0 Å². The van der Waals surface area contributed by atoms with Crippen LogP contribution in [-0.2, 0) is 30.6 Å². The summed E-state index contributed by atoms with van der Waals surface area (Å²) in [6.07, 6.45) is 4.35. The van der Waals surface area contributed by atoms with Crippen LogP contribution < -0.4 is 0 Å². The summed E-state index contributed by atoms with van der Waals surface area (Å²) in [5.74, 6) is -0.299. The van der Waals surface area contributed by atoms with Crippen molar-refractivity contribution >= 4 is 6.29 Å². The molecule has 0 aliphatic rings. The predicted octanol–water partition coefficient (Wildman–Crippen LogP) is 0.519. The van der Waals surface area contributed by atoms with E-state index in [0.717, 1.165) is 19.4 Å². The number of carbonyl (C=O) groups excluding carboxylic acids is 1. The molecular weight excluding hydrogens is 328 g/mol. The monoisotopic (exact) mass is 343 g/mol.